The largest absolute Gasteiger partial charge is 0.376 e. The Morgan fingerprint density at radius 1 is 1.00 bits per heavy atom. The van der Waals surface area contributed by atoms with Crippen molar-refractivity contribution in [2.75, 3.05) is 18.5 Å². The first-order valence-electron chi connectivity index (χ1n) is 9.28. The molecule has 1 heterocycles. The Labute approximate surface area is 148 Å². The molecule has 0 bridgehead atoms. The molecule has 1 aromatic carbocycles. The van der Waals surface area contributed by atoms with E-state index in [1.165, 1.54) is 19.3 Å². The number of benzene rings is 1. The minimum absolute atomic E-state index is 0.117. The van der Waals surface area contributed by atoms with Crippen LogP contribution in [-0.4, -0.2) is 37.2 Å². The summed E-state index contributed by atoms with van der Waals surface area (Å²) in [4.78, 5) is 24.2. The fourth-order valence-electron chi connectivity index (χ4n) is 3.42. The Kier molecular flexibility index (Phi) is 6.28. The van der Waals surface area contributed by atoms with Gasteiger partial charge in [-0.25, -0.2) is 4.79 Å². The number of rotatable bonds is 5. The number of urea groups is 1. The lowest BCUT2D eigenvalue weighted by Crippen LogP contribution is -2.39. The molecule has 0 spiro atoms. The lowest BCUT2D eigenvalue weighted by atomic mass is 9.96. The molecule has 2 aliphatic rings. The summed E-state index contributed by atoms with van der Waals surface area (Å²) in [6.07, 6.45) is 7.92. The van der Waals surface area contributed by atoms with Crippen LogP contribution in [0.4, 0.5) is 10.5 Å². The molecular formula is C19H27N3O3. The Balaban J connectivity index is 1.44. The highest BCUT2D eigenvalue weighted by atomic mass is 16.5. The number of nitrogens with one attached hydrogen (secondary N) is 3. The molecule has 3 N–H and O–H groups in total. The van der Waals surface area contributed by atoms with E-state index >= 15 is 0 Å². The lowest BCUT2D eigenvalue weighted by molar-refractivity contribution is 0.0858. The molecule has 3 amide bonds. The Hall–Kier alpha value is -2.08. The number of amides is 3. The second kappa shape index (κ2) is 8.85. The van der Waals surface area contributed by atoms with Gasteiger partial charge < -0.3 is 20.7 Å². The van der Waals surface area contributed by atoms with E-state index in [9.17, 15) is 9.59 Å². The third kappa shape index (κ3) is 5.46. The van der Waals surface area contributed by atoms with Crippen LogP contribution in [0.2, 0.25) is 0 Å². The first kappa shape index (κ1) is 17.7. The molecule has 1 aromatic rings. The van der Waals surface area contributed by atoms with Gasteiger partial charge in [-0.15, -0.1) is 0 Å². The van der Waals surface area contributed by atoms with E-state index in [1.807, 2.05) is 0 Å². The van der Waals surface area contributed by atoms with Crippen molar-refractivity contribution in [2.24, 2.45) is 0 Å². The van der Waals surface area contributed by atoms with Crippen LogP contribution < -0.4 is 16.0 Å². The average Bonchev–Trinajstić information content (AvgIpc) is 3.14. The van der Waals surface area contributed by atoms with Crippen molar-refractivity contribution in [2.45, 2.75) is 57.1 Å². The van der Waals surface area contributed by atoms with E-state index in [1.54, 1.807) is 24.3 Å². The van der Waals surface area contributed by atoms with Crippen molar-refractivity contribution < 1.29 is 14.3 Å². The van der Waals surface area contributed by atoms with Gasteiger partial charge in [0.2, 0.25) is 0 Å². The average molecular weight is 345 g/mol. The van der Waals surface area contributed by atoms with Crippen molar-refractivity contribution in [3.8, 4) is 0 Å². The maximum Gasteiger partial charge on any atom is 0.319 e. The zero-order valence-electron chi connectivity index (χ0n) is 14.6. The monoisotopic (exact) mass is 345 g/mol. The first-order chi connectivity index (χ1) is 12.2. The van der Waals surface area contributed by atoms with Gasteiger partial charge >= 0.3 is 6.03 Å². The zero-order chi connectivity index (χ0) is 17.5. The number of hydrogen-bond donors (Lipinski definition) is 3. The molecule has 1 saturated heterocycles. The second-order valence-corrected chi connectivity index (χ2v) is 6.86. The summed E-state index contributed by atoms with van der Waals surface area (Å²) in [6.45, 7) is 1.33. The van der Waals surface area contributed by atoms with Crippen molar-refractivity contribution in [3.63, 3.8) is 0 Å². The summed E-state index contributed by atoms with van der Waals surface area (Å²) < 4.78 is 5.50. The second-order valence-electron chi connectivity index (χ2n) is 6.86. The lowest BCUT2D eigenvalue weighted by Gasteiger charge is -2.22. The normalized spacial score (nSPS) is 20.9. The number of anilines is 1. The van der Waals surface area contributed by atoms with E-state index in [2.05, 4.69) is 16.0 Å². The van der Waals surface area contributed by atoms with Gasteiger partial charge in [0.25, 0.3) is 5.91 Å². The predicted octanol–water partition coefficient (Wildman–Crippen LogP) is 3.05. The highest BCUT2D eigenvalue weighted by Gasteiger charge is 2.17. The quantitative estimate of drug-likeness (QED) is 0.767. The first-order valence-corrected chi connectivity index (χ1v) is 9.28. The van der Waals surface area contributed by atoms with E-state index in [-0.39, 0.29) is 24.1 Å². The van der Waals surface area contributed by atoms with Gasteiger partial charge in [0.05, 0.1) is 6.10 Å². The molecule has 0 aromatic heterocycles. The molecular weight excluding hydrogens is 318 g/mol. The van der Waals surface area contributed by atoms with E-state index in [0.29, 0.717) is 17.8 Å². The SMILES string of the molecule is O=C(Nc1ccc(C(=O)NC[C@H]2CCCO2)cc1)NC1CCCCC1. The molecule has 0 unspecified atom stereocenters. The van der Waals surface area contributed by atoms with E-state index in [0.717, 1.165) is 32.3 Å². The van der Waals surface area contributed by atoms with Gasteiger partial charge in [0.1, 0.15) is 0 Å². The summed E-state index contributed by atoms with van der Waals surface area (Å²) in [6, 6.07) is 7.05. The van der Waals surface area contributed by atoms with Crippen LogP contribution in [0.25, 0.3) is 0 Å². The van der Waals surface area contributed by atoms with Gasteiger partial charge in [-0.2, -0.15) is 0 Å². The van der Waals surface area contributed by atoms with Crippen molar-refractivity contribution in [3.05, 3.63) is 29.8 Å². The number of hydrogen-bond acceptors (Lipinski definition) is 3. The topological polar surface area (TPSA) is 79.5 Å². The van der Waals surface area contributed by atoms with Gasteiger partial charge in [-0.1, -0.05) is 19.3 Å². The molecule has 136 valence electrons. The third-order valence-electron chi connectivity index (χ3n) is 4.86. The summed E-state index contributed by atoms with van der Waals surface area (Å²) in [5, 5.41) is 8.74. The van der Waals surface area contributed by atoms with Crippen molar-refractivity contribution >= 4 is 17.6 Å². The van der Waals surface area contributed by atoms with Crippen LogP contribution >= 0.6 is 0 Å². The minimum atomic E-state index is -0.178. The third-order valence-corrected chi connectivity index (χ3v) is 4.86. The van der Waals surface area contributed by atoms with Gasteiger partial charge in [-0.3, -0.25) is 4.79 Å². The molecule has 0 radical (unpaired) electrons. The molecule has 1 saturated carbocycles. The fourth-order valence-corrected chi connectivity index (χ4v) is 3.42. The molecule has 3 rings (SSSR count). The molecule has 25 heavy (non-hydrogen) atoms. The Morgan fingerprint density at radius 3 is 2.44 bits per heavy atom. The molecule has 6 heteroatoms. The minimum Gasteiger partial charge on any atom is -0.376 e. The summed E-state index contributed by atoms with van der Waals surface area (Å²) in [5.74, 6) is -0.117. The van der Waals surface area contributed by atoms with Crippen LogP contribution in [0.1, 0.15) is 55.3 Å². The van der Waals surface area contributed by atoms with Crippen LogP contribution in [0, 0.1) is 0 Å². The van der Waals surface area contributed by atoms with Crippen molar-refractivity contribution in [1.29, 1.82) is 0 Å². The highest BCUT2D eigenvalue weighted by molar-refractivity contribution is 5.95. The standard InChI is InChI=1S/C19H27N3O3/c23-18(20-13-17-7-4-12-25-17)14-8-10-16(11-9-14)22-19(24)21-15-5-2-1-3-6-15/h8-11,15,17H,1-7,12-13H2,(H,20,23)(H2,21,22,24)/t17-/m1/s1. The molecule has 6 nitrogen and oxygen atoms in total. The number of carbonyl (C=O) groups is 2. The fraction of sp³-hybridized carbons (Fsp3) is 0.579. The maximum absolute atomic E-state index is 12.1. The van der Waals surface area contributed by atoms with E-state index in [4.69, 9.17) is 4.74 Å². The molecule has 1 aliphatic heterocycles. The van der Waals surface area contributed by atoms with E-state index < -0.39 is 0 Å². The highest BCUT2D eigenvalue weighted by Crippen LogP contribution is 2.18. The van der Waals surface area contributed by atoms with Crippen molar-refractivity contribution in [1.82, 2.24) is 10.6 Å². The van der Waals surface area contributed by atoms with Gasteiger partial charge in [0.15, 0.2) is 0 Å². The van der Waals surface area contributed by atoms with Gasteiger partial charge in [-0.05, 0) is 49.9 Å². The van der Waals surface area contributed by atoms with Crippen LogP contribution in [0.15, 0.2) is 24.3 Å². The van der Waals surface area contributed by atoms with Gasteiger partial charge in [0, 0.05) is 30.4 Å². The summed E-state index contributed by atoms with van der Waals surface area (Å²) >= 11 is 0. The van der Waals surface area contributed by atoms with Crippen LogP contribution in [0.3, 0.4) is 0 Å². The summed E-state index contributed by atoms with van der Waals surface area (Å²) in [7, 11) is 0. The molecule has 1 atom stereocenters. The number of carbonyl (C=O) groups excluding carboxylic acids is 2. The van der Waals surface area contributed by atoms with Crippen LogP contribution in [0.5, 0.6) is 0 Å². The Bertz CT molecular complexity index is 576. The Morgan fingerprint density at radius 2 is 1.76 bits per heavy atom. The molecule has 2 fully saturated rings. The maximum atomic E-state index is 12.1. The smallest absolute Gasteiger partial charge is 0.319 e. The number of ether oxygens (including phenoxy) is 1. The zero-order valence-corrected chi connectivity index (χ0v) is 14.6. The molecule has 1 aliphatic carbocycles. The van der Waals surface area contributed by atoms with Crippen LogP contribution in [-0.2, 0) is 4.74 Å². The predicted molar refractivity (Wildman–Crippen MR) is 96.8 cm³/mol. The summed E-state index contributed by atoms with van der Waals surface area (Å²) in [5.41, 5.74) is 1.26.